The van der Waals surface area contributed by atoms with E-state index in [2.05, 4.69) is 19.9 Å². The predicted molar refractivity (Wildman–Crippen MR) is 103 cm³/mol. The highest BCUT2D eigenvalue weighted by Crippen LogP contribution is 2.40. The summed E-state index contributed by atoms with van der Waals surface area (Å²) in [4.78, 5) is 13.3. The monoisotopic (exact) mass is 365 g/mol. The Labute approximate surface area is 158 Å². The number of nitrogens with two attached hydrogens (primary N) is 1. The lowest BCUT2D eigenvalue weighted by molar-refractivity contribution is 0.385. The number of hydrogen-bond acceptors (Lipinski definition) is 5. The molecule has 2 N–H and O–H groups in total. The van der Waals surface area contributed by atoms with Crippen LogP contribution in [0.15, 0.2) is 46.6 Å². The molecule has 140 valence electrons. The molecule has 0 saturated carbocycles. The van der Waals surface area contributed by atoms with Crippen LogP contribution in [-0.2, 0) is 6.54 Å². The molecule has 0 bridgehead atoms. The van der Waals surface area contributed by atoms with Gasteiger partial charge in [0.05, 0.1) is 18.6 Å². The Balaban J connectivity index is 2.26. The number of pyridine rings is 1. The second-order valence-corrected chi connectivity index (χ2v) is 7.07. The number of methoxy groups -OCH3 is 1. The standard InChI is InChI=1S/C21H23N3O3/c1-12(2)11-24-13(3)9-17-19(21(24)25)18(16(10-22)20(23)27-17)14-5-7-15(26-4)8-6-14/h5-9,12,18H,11,23H2,1-4H3. The summed E-state index contributed by atoms with van der Waals surface area (Å²) >= 11 is 0. The van der Waals surface area contributed by atoms with Crippen molar-refractivity contribution in [2.75, 3.05) is 7.11 Å². The maximum atomic E-state index is 13.3. The van der Waals surface area contributed by atoms with Crippen molar-refractivity contribution < 1.29 is 9.47 Å². The van der Waals surface area contributed by atoms with Gasteiger partial charge in [0.2, 0.25) is 5.88 Å². The third-order valence-corrected chi connectivity index (χ3v) is 4.69. The quantitative estimate of drug-likeness (QED) is 0.899. The van der Waals surface area contributed by atoms with Crippen LogP contribution in [0.3, 0.4) is 0 Å². The second kappa shape index (κ2) is 7.20. The Morgan fingerprint density at radius 2 is 2.00 bits per heavy atom. The van der Waals surface area contributed by atoms with Crippen molar-refractivity contribution in [1.82, 2.24) is 4.57 Å². The molecule has 1 unspecified atom stereocenters. The molecule has 1 aliphatic rings. The van der Waals surface area contributed by atoms with Crippen molar-refractivity contribution in [1.29, 1.82) is 5.26 Å². The van der Waals surface area contributed by atoms with Crippen molar-refractivity contribution in [3.8, 4) is 17.6 Å². The predicted octanol–water partition coefficient (Wildman–Crippen LogP) is 3.04. The first-order valence-corrected chi connectivity index (χ1v) is 8.83. The molecule has 1 aromatic heterocycles. The molecule has 0 fully saturated rings. The Morgan fingerprint density at radius 1 is 1.33 bits per heavy atom. The molecule has 0 aliphatic carbocycles. The van der Waals surface area contributed by atoms with Crippen LogP contribution in [0.1, 0.15) is 36.6 Å². The van der Waals surface area contributed by atoms with Gasteiger partial charge >= 0.3 is 0 Å². The Kier molecular flexibility index (Phi) is 4.95. The van der Waals surface area contributed by atoms with E-state index >= 15 is 0 Å². The summed E-state index contributed by atoms with van der Waals surface area (Å²) in [6.07, 6.45) is 0. The number of aromatic nitrogens is 1. The molecule has 2 aromatic rings. The second-order valence-electron chi connectivity index (χ2n) is 7.07. The van der Waals surface area contributed by atoms with Crippen LogP contribution in [0.4, 0.5) is 0 Å². The highest BCUT2D eigenvalue weighted by atomic mass is 16.5. The number of aryl methyl sites for hydroxylation is 1. The summed E-state index contributed by atoms with van der Waals surface area (Å²) < 4.78 is 12.6. The third kappa shape index (κ3) is 3.28. The fourth-order valence-electron chi connectivity index (χ4n) is 3.41. The average Bonchev–Trinajstić information content (AvgIpc) is 2.64. The fraction of sp³-hybridized carbons (Fsp3) is 0.333. The van der Waals surface area contributed by atoms with Crippen molar-refractivity contribution in [2.45, 2.75) is 33.2 Å². The summed E-state index contributed by atoms with van der Waals surface area (Å²) in [6.45, 7) is 6.58. The van der Waals surface area contributed by atoms with E-state index in [-0.39, 0.29) is 17.0 Å². The van der Waals surface area contributed by atoms with Crippen LogP contribution in [0.25, 0.3) is 0 Å². The van der Waals surface area contributed by atoms with E-state index < -0.39 is 5.92 Å². The highest BCUT2D eigenvalue weighted by Gasteiger charge is 2.34. The van der Waals surface area contributed by atoms with Gasteiger partial charge in [0, 0.05) is 18.3 Å². The number of nitriles is 1. The minimum absolute atomic E-state index is 0.0335. The molecule has 1 atom stereocenters. The molecule has 0 saturated heterocycles. The molecule has 1 aromatic carbocycles. The molecule has 3 rings (SSSR count). The van der Waals surface area contributed by atoms with Gasteiger partial charge in [-0.05, 0) is 30.5 Å². The number of benzene rings is 1. The normalized spacial score (nSPS) is 15.9. The van der Waals surface area contributed by atoms with Gasteiger partial charge in [-0.2, -0.15) is 5.26 Å². The zero-order valence-corrected chi connectivity index (χ0v) is 15.9. The molecular weight excluding hydrogens is 342 g/mol. The summed E-state index contributed by atoms with van der Waals surface area (Å²) in [5, 5.41) is 9.68. The minimum atomic E-state index is -0.573. The fourth-order valence-corrected chi connectivity index (χ4v) is 3.41. The van der Waals surface area contributed by atoms with Crippen molar-refractivity contribution in [3.05, 3.63) is 69.0 Å². The van der Waals surface area contributed by atoms with Crippen LogP contribution in [0.5, 0.6) is 11.5 Å². The smallest absolute Gasteiger partial charge is 0.258 e. The van der Waals surface area contributed by atoms with E-state index in [0.29, 0.717) is 29.5 Å². The van der Waals surface area contributed by atoms with Gasteiger partial charge in [-0.15, -0.1) is 0 Å². The molecule has 6 nitrogen and oxygen atoms in total. The van der Waals surface area contributed by atoms with Crippen LogP contribution in [-0.4, -0.2) is 11.7 Å². The largest absolute Gasteiger partial charge is 0.497 e. The lowest BCUT2D eigenvalue weighted by atomic mass is 9.84. The number of rotatable bonds is 4. The van der Waals surface area contributed by atoms with E-state index in [0.717, 1.165) is 11.3 Å². The van der Waals surface area contributed by atoms with Gasteiger partial charge in [0.15, 0.2) is 0 Å². The molecular formula is C21H23N3O3. The lowest BCUT2D eigenvalue weighted by Crippen LogP contribution is -2.33. The Bertz CT molecular complexity index is 995. The lowest BCUT2D eigenvalue weighted by Gasteiger charge is -2.27. The van der Waals surface area contributed by atoms with Crippen LogP contribution in [0, 0.1) is 24.2 Å². The molecule has 0 spiro atoms. The molecule has 0 amide bonds. The summed E-state index contributed by atoms with van der Waals surface area (Å²) in [7, 11) is 1.59. The topological polar surface area (TPSA) is 90.3 Å². The van der Waals surface area contributed by atoms with Gasteiger partial charge in [-0.3, -0.25) is 4.79 Å². The Morgan fingerprint density at radius 3 is 2.56 bits per heavy atom. The summed E-state index contributed by atoms with van der Waals surface area (Å²) in [6, 6.07) is 11.2. The molecule has 6 heteroatoms. The zero-order valence-electron chi connectivity index (χ0n) is 15.9. The Hall–Kier alpha value is -3.20. The number of allylic oxidation sites excluding steroid dienone is 1. The maximum absolute atomic E-state index is 13.3. The summed E-state index contributed by atoms with van der Waals surface area (Å²) in [5.41, 5.74) is 8.13. The summed E-state index contributed by atoms with van der Waals surface area (Å²) in [5.74, 6) is 0.874. The first-order chi connectivity index (χ1) is 12.9. The first-order valence-electron chi connectivity index (χ1n) is 8.83. The maximum Gasteiger partial charge on any atom is 0.258 e. The van der Waals surface area contributed by atoms with Crippen molar-refractivity contribution in [3.63, 3.8) is 0 Å². The van der Waals surface area contributed by atoms with Crippen LogP contribution in [0.2, 0.25) is 0 Å². The zero-order chi connectivity index (χ0) is 19.7. The van der Waals surface area contributed by atoms with E-state index in [1.807, 2.05) is 25.1 Å². The number of fused-ring (bicyclic) bond motifs is 1. The average molecular weight is 365 g/mol. The van der Waals surface area contributed by atoms with E-state index in [4.69, 9.17) is 15.2 Å². The number of hydrogen-bond donors (Lipinski definition) is 1. The van der Waals surface area contributed by atoms with Gasteiger partial charge in [0.25, 0.3) is 5.56 Å². The van der Waals surface area contributed by atoms with Gasteiger partial charge in [-0.1, -0.05) is 26.0 Å². The highest BCUT2D eigenvalue weighted by molar-refractivity contribution is 5.55. The van der Waals surface area contributed by atoms with Gasteiger partial charge in [-0.25, -0.2) is 0 Å². The van der Waals surface area contributed by atoms with E-state index in [1.54, 1.807) is 23.8 Å². The SMILES string of the molecule is COc1ccc(C2C(C#N)=C(N)Oc3cc(C)n(CC(C)C)c(=O)c32)cc1. The van der Waals surface area contributed by atoms with Crippen LogP contribution >= 0.6 is 0 Å². The van der Waals surface area contributed by atoms with Gasteiger partial charge < -0.3 is 19.8 Å². The number of ether oxygens (including phenoxy) is 2. The first kappa shape index (κ1) is 18.6. The van der Waals surface area contributed by atoms with E-state index in [1.165, 1.54) is 0 Å². The van der Waals surface area contributed by atoms with Gasteiger partial charge in [0.1, 0.15) is 23.1 Å². The third-order valence-electron chi connectivity index (χ3n) is 4.69. The van der Waals surface area contributed by atoms with Crippen molar-refractivity contribution in [2.24, 2.45) is 11.7 Å². The molecule has 2 heterocycles. The molecule has 27 heavy (non-hydrogen) atoms. The van der Waals surface area contributed by atoms with Crippen molar-refractivity contribution >= 4 is 0 Å². The molecule has 0 radical (unpaired) electrons. The number of nitrogens with zero attached hydrogens (tertiary/aromatic N) is 2. The minimum Gasteiger partial charge on any atom is -0.497 e. The van der Waals surface area contributed by atoms with Crippen LogP contribution < -0.4 is 20.8 Å². The van der Waals surface area contributed by atoms with E-state index in [9.17, 15) is 10.1 Å². The molecule has 1 aliphatic heterocycles.